The molecule has 112 valence electrons. The first-order valence-electron chi connectivity index (χ1n) is 8.22. The number of hydrogen-bond donors (Lipinski definition) is 1. The maximum Gasteiger partial charge on any atom is 0.119 e. The zero-order valence-electron chi connectivity index (χ0n) is 13.2. The molecule has 1 aromatic carbocycles. The van der Waals surface area contributed by atoms with Crippen LogP contribution in [0.3, 0.4) is 0 Å². The van der Waals surface area contributed by atoms with Crippen LogP contribution in [0.15, 0.2) is 24.3 Å². The first-order valence-corrected chi connectivity index (χ1v) is 8.22. The third-order valence-corrected chi connectivity index (χ3v) is 4.41. The number of hydrogen-bond acceptors (Lipinski definition) is 2. The van der Waals surface area contributed by atoms with Crippen LogP contribution < -0.4 is 10.1 Å². The summed E-state index contributed by atoms with van der Waals surface area (Å²) in [6.07, 6.45) is 6.57. The van der Waals surface area contributed by atoms with E-state index in [2.05, 4.69) is 50.4 Å². The molecule has 0 radical (unpaired) electrons. The smallest absolute Gasteiger partial charge is 0.119 e. The summed E-state index contributed by atoms with van der Waals surface area (Å²) in [5.74, 6) is 1.90. The molecule has 1 aliphatic rings. The SMILES string of the molecule is CCNC(CC)c1ccc(OC2CCC(C)CC2)cc1. The zero-order chi connectivity index (χ0) is 14.4. The van der Waals surface area contributed by atoms with Crippen molar-refractivity contribution >= 4 is 0 Å². The highest BCUT2D eigenvalue weighted by Gasteiger charge is 2.19. The van der Waals surface area contributed by atoms with Crippen molar-refractivity contribution in [1.82, 2.24) is 5.32 Å². The van der Waals surface area contributed by atoms with Crippen LogP contribution in [-0.4, -0.2) is 12.6 Å². The summed E-state index contributed by atoms with van der Waals surface area (Å²) in [5.41, 5.74) is 1.36. The number of rotatable bonds is 6. The molecule has 0 aliphatic heterocycles. The molecular formula is C18H29NO. The molecule has 1 unspecified atom stereocenters. The fourth-order valence-corrected chi connectivity index (χ4v) is 3.06. The number of benzene rings is 1. The predicted molar refractivity (Wildman–Crippen MR) is 85.2 cm³/mol. The van der Waals surface area contributed by atoms with E-state index in [0.29, 0.717) is 12.1 Å². The van der Waals surface area contributed by atoms with Gasteiger partial charge < -0.3 is 10.1 Å². The normalized spacial score (nSPS) is 24.4. The minimum absolute atomic E-state index is 0.424. The molecular weight excluding hydrogens is 246 g/mol. The van der Waals surface area contributed by atoms with E-state index in [1.807, 2.05) is 0 Å². The van der Waals surface area contributed by atoms with E-state index in [9.17, 15) is 0 Å². The van der Waals surface area contributed by atoms with Gasteiger partial charge in [-0.2, -0.15) is 0 Å². The molecule has 1 atom stereocenters. The summed E-state index contributed by atoms with van der Waals surface area (Å²) >= 11 is 0. The summed E-state index contributed by atoms with van der Waals surface area (Å²) in [4.78, 5) is 0. The summed E-state index contributed by atoms with van der Waals surface area (Å²) in [5, 5.41) is 3.51. The van der Waals surface area contributed by atoms with Gasteiger partial charge in [-0.25, -0.2) is 0 Å². The Morgan fingerprint density at radius 1 is 1.10 bits per heavy atom. The summed E-state index contributed by atoms with van der Waals surface area (Å²) < 4.78 is 6.11. The van der Waals surface area contributed by atoms with Gasteiger partial charge in [0.25, 0.3) is 0 Å². The number of ether oxygens (including phenoxy) is 1. The van der Waals surface area contributed by atoms with Crippen LogP contribution in [0.1, 0.15) is 64.5 Å². The highest BCUT2D eigenvalue weighted by Crippen LogP contribution is 2.28. The van der Waals surface area contributed by atoms with Crippen molar-refractivity contribution in [3.8, 4) is 5.75 Å². The number of nitrogens with one attached hydrogen (secondary N) is 1. The molecule has 0 aromatic heterocycles. The standard InChI is InChI=1S/C18H29NO/c1-4-18(19-5-2)15-8-12-17(13-9-15)20-16-10-6-14(3)7-11-16/h8-9,12-14,16,18-19H,4-7,10-11H2,1-3H3. The minimum Gasteiger partial charge on any atom is -0.490 e. The maximum atomic E-state index is 6.11. The van der Waals surface area contributed by atoms with Crippen molar-refractivity contribution in [2.24, 2.45) is 5.92 Å². The van der Waals surface area contributed by atoms with Crippen molar-refractivity contribution in [3.05, 3.63) is 29.8 Å². The van der Waals surface area contributed by atoms with Crippen LogP contribution in [0.2, 0.25) is 0 Å². The van der Waals surface area contributed by atoms with E-state index in [-0.39, 0.29) is 0 Å². The van der Waals surface area contributed by atoms with Gasteiger partial charge >= 0.3 is 0 Å². The van der Waals surface area contributed by atoms with E-state index in [1.165, 1.54) is 31.2 Å². The predicted octanol–water partition coefficient (Wildman–Crippen LogP) is 4.70. The van der Waals surface area contributed by atoms with Crippen LogP contribution >= 0.6 is 0 Å². The van der Waals surface area contributed by atoms with Crippen molar-refractivity contribution in [2.75, 3.05) is 6.54 Å². The molecule has 2 nitrogen and oxygen atoms in total. The molecule has 2 rings (SSSR count). The van der Waals surface area contributed by atoms with E-state index in [4.69, 9.17) is 4.74 Å². The molecule has 0 heterocycles. The van der Waals surface area contributed by atoms with Crippen molar-refractivity contribution in [2.45, 2.75) is 65.0 Å². The fourth-order valence-electron chi connectivity index (χ4n) is 3.06. The van der Waals surface area contributed by atoms with Crippen LogP contribution in [0.4, 0.5) is 0 Å². The Kier molecular flexibility index (Phi) is 5.90. The van der Waals surface area contributed by atoms with Gasteiger partial charge in [0.1, 0.15) is 5.75 Å². The van der Waals surface area contributed by atoms with Gasteiger partial charge in [0.15, 0.2) is 0 Å². The topological polar surface area (TPSA) is 21.3 Å². The maximum absolute atomic E-state index is 6.11. The van der Waals surface area contributed by atoms with Crippen molar-refractivity contribution < 1.29 is 4.74 Å². The molecule has 0 saturated heterocycles. The van der Waals surface area contributed by atoms with Crippen LogP contribution in [0.5, 0.6) is 5.75 Å². The molecule has 0 spiro atoms. The third kappa shape index (κ3) is 4.24. The average molecular weight is 275 g/mol. The first kappa shape index (κ1) is 15.4. The summed E-state index contributed by atoms with van der Waals surface area (Å²) in [6, 6.07) is 9.14. The van der Waals surface area contributed by atoms with E-state index >= 15 is 0 Å². The van der Waals surface area contributed by atoms with Gasteiger partial charge in [-0.05, 0) is 62.3 Å². The quantitative estimate of drug-likeness (QED) is 0.812. The fraction of sp³-hybridized carbons (Fsp3) is 0.667. The second kappa shape index (κ2) is 7.68. The second-order valence-electron chi connectivity index (χ2n) is 6.09. The van der Waals surface area contributed by atoms with E-state index in [0.717, 1.165) is 24.6 Å². The summed E-state index contributed by atoms with van der Waals surface area (Å²) in [6.45, 7) is 7.73. The van der Waals surface area contributed by atoms with Crippen LogP contribution in [-0.2, 0) is 0 Å². The highest BCUT2D eigenvalue weighted by molar-refractivity contribution is 5.29. The molecule has 1 saturated carbocycles. The molecule has 2 heteroatoms. The lowest BCUT2D eigenvalue weighted by Gasteiger charge is -2.27. The molecule has 20 heavy (non-hydrogen) atoms. The summed E-state index contributed by atoms with van der Waals surface area (Å²) in [7, 11) is 0. The van der Waals surface area contributed by atoms with Gasteiger partial charge in [-0.3, -0.25) is 0 Å². The minimum atomic E-state index is 0.424. The monoisotopic (exact) mass is 275 g/mol. The Morgan fingerprint density at radius 3 is 2.30 bits per heavy atom. The molecule has 0 bridgehead atoms. The van der Waals surface area contributed by atoms with Gasteiger partial charge in [-0.15, -0.1) is 0 Å². The molecule has 1 N–H and O–H groups in total. The lowest BCUT2D eigenvalue weighted by Crippen LogP contribution is -2.23. The van der Waals surface area contributed by atoms with E-state index < -0.39 is 0 Å². The van der Waals surface area contributed by atoms with Crippen molar-refractivity contribution in [1.29, 1.82) is 0 Å². The van der Waals surface area contributed by atoms with Crippen molar-refractivity contribution in [3.63, 3.8) is 0 Å². The van der Waals surface area contributed by atoms with Gasteiger partial charge in [0, 0.05) is 6.04 Å². The largest absolute Gasteiger partial charge is 0.490 e. The lowest BCUT2D eigenvalue weighted by molar-refractivity contribution is 0.135. The average Bonchev–Trinajstić information content (AvgIpc) is 2.48. The molecule has 1 aromatic rings. The molecule has 0 amide bonds. The van der Waals surface area contributed by atoms with Gasteiger partial charge in [0.05, 0.1) is 6.10 Å². The van der Waals surface area contributed by atoms with Crippen LogP contribution in [0.25, 0.3) is 0 Å². The lowest BCUT2D eigenvalue weighted by atomic mass is 9.89. The van der Waals surface area contributed by atoms with Gasteiger partial charge in [0.2, 0.25) is 0 Å². The highest BCUT2D eigenvalue weighted by atomic mass is 16.5. The second-order valence-corrected chi connectivity index (χ2v) is 6.09. The Hall–Kier alpha value is -1.02. The third-order valence-electron chi connectivity index (χ3n) is 4.41. The van der Waals surface area contributed by atoms with E-state index in [1.54, 1.807) is 0 Å². The van der Waals surface area contributed by atoms with Gasteiger partial charge in [-0.1, -0.05) is 32.9 Å². The zero-order valence-corrected chi connectivity index (χ0v) is 13.2. The first-order chi connectivity index (χ1) is 9.72. The Labute approximate surface area is 123 Å². The Balaban J connectivity index is 1.91. The molecule has 1 fully saturated rings. The Bertz CT molecular complexity index is 379. The molecule has 1 aliphatic carbocycles. The Morgan fingerprint density at radius 2 is 1.75 bits per heavy atom. The van der Waals surface area contributed by atoms with Crippen LogP contribution in [0, 0.1) is 5.92 Å².